The molecule has 18 heavy (non-hydrogen) atoms. The molecule has 0 saturated carbocycles. The Morgan fingerprint density at radius 1 is 1.33 bits per heavy atom. The van der Waals surface area contributed by atoms with Crippen LogP contribution in [0.4, 0.5) is 0 Å². The normalized spacial score (nSPS) is 13.2. The largest absolute Gasteiger partial charge is 0.465 e. The number of aliphatic hydroxyl groups excluding tert-OH is 1. The lowest BCUT2D eigenvalue weighted by Crippen LogP contribution is -2.33. The molecular weight excluding hydrogens is 275 g/mol. The van der Waals surface area contributed by atoms with Gasteiger partial charge >= 0.3 is 5.97 Å². The van der Waals surface area contributed by atoms with Gasteiger partial charge in [-0.05, 0) is 44.5 Å². The van der Waals surface area contributed by atoms with Crippen molar-refractivity contribution in [3.63, 3.8) is 0 Å². The number of hydrogen-bond donors (Lipinski definition) is 1. The van der Waals surface area contributed by atoms with Crippen molar-refractivity contribution in [3.8, 4) is 0 Å². The quantitative estimate of drug-likeness (QED) is 0.862. The molecule has 0 aliphatic carbocycles. The lowest BCUT2D eigenvalue weighted by atomic mass is 9.82. The SMILES string of the molecule is CCOC(=O)C(C)(C)C(O)c1cc(Cl)cc(Cl)c1. The van der Waals surface area contributed by atoms with Crippen LogP contribution in [0.1, 0.15) is 32.4 Å². The number of carbonyl (C=O) groups excluding carboxylic acids is 1. The van der Waals surface area contributed by atoms with Gasteiger partial charge in [-0.1, -0.05) is 23.2 Å². The Kier molecular flexibility index (Phi) is 5.02. The van der Waals surface area contributed by atoms with E-state index in [1.807, 2.05) is 0 Å². The second kappa shape index (κ2) is 5.91. The van der Waals surface area contributed by atoms with Crippen molar-refractivity contribution in [2.75, 3.05) is 6.61 Å². The summed E-state index contributed by atoms with van der Waals surface area (Å²) in [5.41, 5.74) is -0.574. The predicted molar refractivity (Wildman–Crippen MR) is 71.8 cm³/mol. The molecule has 0 aliphatic heterocycles. The highest BCUT2D eigenvalue weighted by Gasteiger charge is 2.38. The molecule has 1 N–H and O–H groups in total. The fourth-order valence-corrected chi connectivity index (χ4v) is 2.12. The zero-order valence-electron chi connectivity index (χ0n) is 10.5. The molecule has 1 aromatic carbocycles. The van der Waals surface area contributed by atoms with E-state index in [1.54, 1.807) is 39.0 Å². The minimum Gasteiger partial charge on any atom is -0.465 e. The molecule has 0 saturated heterocycles. The Labute approximate surface area is 117 Å². The summed E-state index contributed by atoms with van der Waals surface area (Å²) in [6.45, 7) is 5.22. The van der Waals surface area contributed by atoms with E-state index in [2.05, 4.69) is 0 Å². The number of aliphatic hydroxyl groups is 1. The van der Waals surface area contributed by atoms with Crippen molar-refractivity contribution in [3.05, 3.63) is 33.8 Å². The van der Waals surface area contributed by atoms with E-state index in [1.165, 1.54) is 0 Å². The zero-order chi connectivity index (χ0) is 13.9. The summed E-state index contributed by atoms with van der Waals surface area (Å²) in [5, 5.41) is 11.1. The molecule has 0 aromatic heterocycles. The van der Waals surface area contributed by atoms with Gasteiger partial charge < -0.3 is 9.84 Å². The summed E-state index contributed by atoms with van der Waals surface area (Å²) in [5.74, 6) is -0.464. The van der Waals surface area contributed by atoms with Gasteiger partial charge in [0.25, 0.3) is 0 Å². The van der Waals surface area contributed by atoms with Gasteiger partial charge in [0, 0.05) is 10.0 Å². The van der Waals surface area contributed by atoms with Crippen molar-refractivity contribution >= 4 is 29.2 Å². The van der Waals surface area contributed by atoms with Gasteiger partial charge in [0.2, 0.25) is 0 Å². The Bertz CT molecular complexity index is 424. The van der Waals surface area contributed by atoms with Gasteiger partial charge in [-0.3, -0.25) is 4.79 Å². The van der Waals surface area contributed by atoms with E-state index < -0.39 is 17.5 Å². The second-order valence-electron chi connectivity index (χ2n) is 4.55. The van der Waals surface area contributed by atoms with E-state index in [4.69, 9.17) is 27.9 Å². The molecule has 1 unspecified atom stereocenters. The zero-order valence-corrected chi connectivity index (χ0v) is 12.0. The van der Waals surface area contributed by atoms with E-state index in [0.29, 0.717) is 15.6 Å². The molecule has 0 heterocycles. The summed E-state index contributed by atoms with van der Waals surface area (Å²) in [6, 6.07) is 4.73. The Hall–Kier alpha value is -0.770. The first-order chi connectivity index (χ1) is 8.28. The third kappa shape index (κ3) is 3.37. The van der Waals surface area contributed by atoms with Gasteiger partial charge in [0.05, 0.1) is 18.1 Å². The van der Waals surface area contributed by atoms with Crippen molar-refractivity contribution in [2.24, 2.45) is 5.41 Å². The average molecular weight is 291 g/mol. The van der Waals surface area contributed by atoms with E-state index in [-0.39, 0.29) is 6.61 Å². The predicted octanol–water partition coefficient (Wildman–Crippen LogP) is 3.62. The number of ether oxygens (including phenoxy) is 1. The molecule has 3 nitrogen and oxygen atoms in total. The fourth-order valence-electron chi connectivity index (χ4n) is 1.58. The third-order valence-electron chi connectivity index (χ3n) is 2.69. The molecule has 1 atom stereocenters. The first-order valence-electron chi connectivity index (χ1n) is 5.60. The minimum atomic E-state index is -1.07. The van der Waals surface area contributed by atoms with Crippen LogP contribution in [0, 0.1) is 5.41 Å². The summed E-state index contributed by atoms with van der Waals surface area (Å²) >= 11 is 11.7. The summed E-state index contributed by atoms with van der Waals surface area (Å²) in [4.78, 5) is 11.8. The highest BCUT2D eigenvalue weighted by Crippen LogP contribution is 2.36. The van der Waals surface area contributed by atoms with Gasteiger partial charge in [0.15, 0.2) is 0 Å². The van der Waals surface area contributed by atoms with E-state index >= 15 is 0 Å². The van der Waals surface area contributed by atoms with Crippen molar-refractivity contribution in [1.82, 2.24) is 0 Å². The number of benzene rings is 1. The number of hydrogen-bond acceptors (Lipinski definition) is 3. The first kappa shape index (κ1) is 15.3. The molecule has 1 aromatic rings. The lowest BCUT2D eigenvalue weighted by molar-refractivity contribution is -0.160. The van der Waals surface area contributed by atoms with Crippen LogP contribution in [0.15, 0.2) is 18.2 Å². The standard InChI is InChI=1S/C13H16Cl2O3/c1-4-18-12(17)13(2,3)11(16)8-5-9(14)7-10(15)6-8/h5-7,11,16H,4H2,1-3H3. The van der Waals surface area contributed by atoms with Gasteiger partial charge in [-0.25, -0.2) is 0 Å². The Morgan fingerprint density at radius 2 is 1.83 bits per heavy atom. The molecule has 0 radical (unpaired) electrons. The molecular formula is C13H16Cl2O3. The smallest absolute Gasteiger partial charge is 0.314 e. The van der Waals surface area contributed by atoms with Crippen molar-refractivity contribution in [1.29, 1.82) is 0 Å². The fraction of sp³-hybridized carbons (Fsp3) is 0.462. The molecule has 0 spiro atoms. The van der Waals surface area contributed by atoms with Crippen molar-refractivity contribution in [2.45, 2.75) is 26.9 Å². The van der Waals surface area contributed by atoms with Gasteiger partial charge in [-0.2, -0.15) is 0 Å². The Balaban J connectivity index is 3.04. The van der Waals surface area contributed by atoms with Crippen LogP contribution < -0.4 is 0 Å². The monoisotopic (exact) mass is 290 g/mol. The third-order valence-corrected chi connectivity index (χ3v) is 3.12. The van der Waals surface area contributed by atoms with Crippen LogP contribution in [0.2, 0.25) is 10.0 Å². The van der Waals surface area contributed by atoms with E-state index in [0.717, 1.165) is 0 Å². The maximum Gasteiger partial charge on any atom is 0.314 e. The first-order valence-corrected chi connectivity index (χ1v) is 6.36. The van der Waals surface area contributed by atoms with Crippen LogP contribution in [0.5, 0.6) is 0 Å². The number of rotatable bonds is 4. The number of carbonyl (C=O) groups is 1. The molecule has 0 aliphatic rings. The summed E-state index contributed by atoms with van der Waals surface area (Å²) in [7, 11) is 0. The van der Waals surface area contributed by atoms with Crippen LogP contribution in [0.25, 0.3) is 0 Å². The molecule has 100 valence electrons. The average Bonchev–Trinajstić information content (AvgIpc) is 2.26. The molecule has 0 fully saturated rings. The summed E-state index contributed by atoms with van der Waals surface area (Å²) in [6.07, 6.45) is -1.03. The topological polar surface area (TPSA) is 46.5 Å². The highest BCUT2D eigenvalue weighted by molar-refractivity contribution is 6.34. The van der Waals surface area contributed by atoms with Gasteiger partial charge in [0.1, 0.15) is 0 Å². The highest BCUT2D eigenvalue weighted by atomic mass is 35.5. The molecule has 5 heteroatoms. The van der Waals surface area contributed by atoms with Crippen LogP contribution >= 0.6 is 23.2 Å². The van der Waals surface area contributed by atoms with E-state index in [9.17, 15) is 9.90 Å². The lowest BCUT2D eigenvalue weighted by Gasteiger charge is -2.28. The van der Waals surface area contributed by atoms with Crippen LogP contribution in [-0.2, 0) is 9.53 Å². The maximum absolute atomic E-state index is 11.8. The second-order valence-corrected chi connectivity index (χ2v) is 5.42. The molecule has 0 bridgehead atoms. The molecule has 1 rings (SSSR count). The van der Waals surface area contributed by atoms with Crippen LogP contribution in [0.3, 0.4) is 0 Å². The Morgan fingerprint density at radius 3 is 2.28 bits per heavy atom. The minimum absolute atomic E-state index is 0.269. The number of esters is 1. The summed E-state index contributed by atoms with van der Waals surface area (Å²) < 4.78 is 4.94. The van der Waals surface area contributed by atoms with Crippen LogP contribution in [-0.4, -0.2) is 17.7 Å². The maximum atomic E-state index is 11.8. The molecule has 0 amide bonds. The van der Waals surface area contributed by atoms with Crippen molar-refractivity contribution < 1.29 is 14.6 Å². The van der Waals surface area contributed by atoms with Gasteiger partial charge in [-0.15, -0.1) is 0 Å². The number of halogens is 2.